The van der Waals surface area contributed by atoms with Gasteiger partial charge in [-0.15, -0.1) is 0 Å². The Morgan fingerprint density at radius 3 is 2.88 bits per heavy atom. The molecule has 0 unspecified atom stereocenters. The molecule has 6 heteroatoms. The SMILES string of the molecule is O=C(O)c1cc(-c2cccc(F)c2Cl)no1. The van der Waals surface area contributed by atoms with Crippen LogP contribution in [-0.4, -0.2) is 16.2 Å². The summed E-state index contributed by atoms with van der Waals surface area (Å²) in [5, 5.41) is 12.0. The Balaban J connectivity index is 2.50. The summed E-state index contributed by atoms with van der Waals surface area (Å²) in [5.74, 6) is -2.17. The lowest BCUT2D eigenvalue weighted by atomic mass is 10.1. The van der Waals surface area contributed by atoms with Crippen molar-refractivity contribution in [2.75, 3.05) is 0 Å². The molecular weight excluding hydrogens is 237 g/mol. The van der Waals surface area contributed by atoms with E-state index in [1.807, 2.05) is 0 Å². The van der Waals surface area contributed by atoms with Gasteiger partial charge < -0.3 is 9.63 Å². The topological polar surface area (TPSA) is 63.3 Å². The number of hydrogen-bond donors (Lipinski definition) is 1. The number of carboxylic acids is 1. The number of carboxylic acid groups (broad SMARTS) is 1. The van der Waals surface area contributed by atoms with Crippen LogP contribution in [0.15, 0.2) is 28.8 Å². The molecule has 1 heterocycles. The van der Waals surface area contributed by atoms with Gasteiger partial charge in [-0.2, -0.15) is 0 Å². The zero-order valence-corrected chi connectivity index (χ0v) is 8.53. The highest BCUT2D eigenvalue weighted by molar-refractivity contribution is 6.33. The van der Waals surface area contributed by atoms with E-state index in [-0.39, 0.29) is 22.0 Å². The van der Waals surface area contributed by atoms with Crippen LogP contribution in [0, 0.1) is 5.82 Å². The standard InChI is InChI=1S/C10H5ClFNO3/c11-9-5(2-1-3-6(9)12)7-4-8(10(14)15)16-13-7/h1-4H,(H,14,15). The number of aromatic nitrogens is 1. The van der Waals surface area contributed by atoms with Crippen LogP contribution in [-0.2, 0) is 0 Å². The van der Waals surface area contributed by atoms with Crippen molar-refractivity contribution in [1.82, 2.24) is 5.16 Å². The lowest BCUT2D eigenvalue weighted by Crippen LogP contribution is -1.91. The van der Waals surface area contributed by atoms with Crippen LogP contribution in [0.25, 0.3) is 11.3 Å². The molecule has 4 nitrogen and oxygen atoms in total. The van der Waals surface area contributed by atoms with E-state index in [9.17, 15) is 9.18 Å². The Morgan fingerprint density at radius 1 is 1.50 bits per heavy atom. The van der Waals surface area contributed by atoms with Crippen molar-refractivity contribution >= 4 is 17.6 Å². The van der Waals surface area contributed by atoms with E-state index in [1.54, 1.807) is 0 Å². The number of nitrogens with zero attached hydrogens (tertiary/aromatic N) is 1. The lowest BCUT2D eigenvalue weighted by Gasteiger charge is -1.99. The predicted molar refractivity (Wildman–Crippen MR) is 53.9 cm³/mol. The average Bonchev–Trinajstić information content (AvgIpc) is 2.71. The summed E-state index contributed by atoms with van der Waals surface area (Å²) in [6.07, 6.45) is 0. The van der Waals surface area contributed by atoms with Crippen LogP contribution >= 0.6 is 11.6 Å². The van der Waals surface area contributed by atoms with E-state index < -0.39 is 11.8 Å². The molecule has 0 saturated carbocycles. The minimum absolute atomic E-state index is 0.118. The maximum atomic E-state index is 13.1. The molecule has 1 N–H and O–H groups in total. The van der Waals surface area contributed by atoms with Gasteiger partial charge in [0.1, 0.15) is 11.5 Å². The van der Waals surface area contributed by atoms with Crippen molar-refractivity contribution in [3.05, 3.63) is 40.9 Å². The second kappa shape index (κ2) is 3.94. The summed E-state index contributed by atoms with van der Waals surface area (Å²) in [7, 11) is 0. The largest absolute Gasteiger partial charge is 0.475 e. The van der Waals surface area contributed by atoms with Gasteiger partial charge in [0.15, 0.2) is 0 Å². The van der Waals surface area contributed by atoms with Crippen LogP contribution in [0.5, 0.6) is 0 Å². The first-order valence-corrected chi connectivity index (χ1v) is 4.62. The van der Waals surface area contributed by atoms with Gasteiger partial charge in [0.05, 0.1) is 5.02 Å². The van der Waals surface area contributed by atoms with E-state index in [0.29, 0.717) is 0 Å². The van der Waals surface area contributed by atoms with Crippen LogP contribution in [0.1, 0.15) is 10.6 Å². The number of halogens is 2. The molecular formula is C10H5ClFNO3. The van der Waals surface area contributed by atoms with Crippen molar-refractivity contribution in [3.8, 4) is 11.3 Å². The Bertz CT molecular complexity index is 553. The summed E-state index contributed by atoms with van der Waals surface area (Å²) in [5.41, 5.74) is 0.472. The zero-order valence-electron chi connectivity index (χ0n) is 7.78. The van der Waals surface area contributed by atoms with Crippen molar-refractivity contribution < 1.29 is 18.8 Å². The second-order valence-corrected chi connectivity index (χ2v) is 3.36. The molecule has 0 aliphatic carbocycles. The van der Waals surface area contributed by atoms with Crippen molar-refractivity contribution in [2.24, 2.45) is 0 Å². The molecule has 0 aliphatic rings. The van der Waals surface area contributed by atoms with E-state index in [2.05, 4.69) is 9.68 Å². The third kappa shape index (κ3) is 1.77. The molecule has 2 aromatic rings. The number of rotatable bonds is 2. The smallest absolute Gasteiger partial charge is 0.374 e. The van der Waals surface area contributed by atoms with Crippen LogP contribution in [0.4, 0.5) is 4.39 Å². The molecule has 0 amide bonds. The first kappa shape index (κ1) is 10.6. The lowest BCUT2D eigenvalue weighted by molar-refractivity contribution is 0.0652. The van der Waals surface area contributed by atoms with Gasteiger partial charge in [-0.1, -0.05) is 28.9 Å². The molecule has 0 fully saturated rings. The van der Waals surface area contributed by atoms with Crippen LogP contribution in [0.2, 0.25) is 5.02 Å². The molecule has 1 aromatic heterocycles. The summed E-state index contributed by atoms with van der Waals surface area (Å²) in [6, 6.07) is 5.35. The monoisotopic (exact) mass is 241 g/mol. The third-order valence-corrected chi connectivity index (χ3v) is 2.33. The van der Waals surface area contributed by atoms with Gasteiger partial charge in [-0.25, -0.2) is 9.18 Å². The maximum Gasteiger partial charge on any atom is 0.374 e. The van der Waals surface area contributed by atoms with E-state index >= 15 is 0 Å². The van der Waals surface area contributed by atoms with Crippen LogP contribution < -0.4 is 0 Å². The van der Waals surface area contributed by atoms with E-state index in [0.717, 1.165) is 0 Å². The van der Waals surface area contributed by atoms with E-state index in [1.165, 1.54) is 24.3 Å². The van der Waals surface area contributed by atoms with Crippen molar-refractivity contribution in [2.45, 2.75) is 0 Å². The number of aromatic carboxylic acids is 1. The Hall–Kier alpha value is -1.88. The third-order valence-electron chi connectivity index (χ3n) is 1.95. The number of benzene rings is 1. The first-order chi connectivity index (χ1) is 7.59. The van der Waals surface area contributed by atoms with Crippen molar-refractivity contribution in [1.29, 1.82) is 0 Å². The fourth-order valence-corrected chi connectivity index (χ4v) is 1.43. The Labute approximate surface area is 94.2 Å². The summed E-state index contributed by atoms with van der Waals surface area (Å²) < 4.78 is 17.7. The van der Waals surface area contributed by atoms with Gasteiger partial charge in [0, 0.05) is 11.6 Å². The van der Waals surface area contributed by atoms with Gasteiger partial charge in [0.2, 0.25) is 5.76 Å². The molecule has 0 bridgehead atoms. The average molecular weight is 242 g/mol. The highest BCUT2D eigenvalue weighted by Crippen LogP contribution is 2.29. The molecule has 1 aromatic carbocycles. The normalized spacial score (nSPS) is 10.4. The van der Waals surface area contributed by atoms with Gasteiger partial charge in [0.25, 0.3) is 0 Å². The quantitative estimate of drug-likeness (QED) is 0.878. The van der Waals surface area contributed by atoms with Gasteiger partial charge in [-0.05, 0) is 6.07 Å². The van der Waals surface area contributed by atoms with E-state index in [4.69, 9.17) is 16.7 Å². The number of carbonyl (C=O) groups is 1. The summed E-state index contributed by atoms with van der Waals surface area (Å²) >= 11 is 5.71. The maximum absolute atomic E-state index is 13.1. The predicted octanol–water partition coefficient (Wildman–Crippen LogP) is 2.83. The van der Waals surface area contributed by atoms with Crippen LogP contribution in [0.3, 0.4) is 0 Å². The summed E-state index contributed by atoms with van der Waals surface area (Å²) in [4.78, 5) is 10.6. The fraction of sp³-hybridized carbons (Fsp3) is 0. The second-order valence-electron chi connectivity index (χ2n) is 2.98. The molecule has 0 saturated heterocycles. The number of hydrogen-bond acceptors (Lipinski definition) is 3. The van der Waals surface area contributed by atoms with Gasteiger partial charge >= 0.3 is 5.97 Å². The summed E-state index contributed by atoms with van der Waals surface area (Å²) in [6.45, 7) is 0. The highest BCUT2D eigenvalue weighted by atomic mass is 35.5. The molecule has 0 radical (unpaired) electrons. The minimum atomic E-state index is -1.24. The Kier molecular flexibility index (Phi) is 2.62. The minimum Gasteiger partial charge on any atom is -0.475 e. The first-order valence-electron chi connectivity index (χ1n) is 4.24. The molecule has 0 spiro atoms. The molecule has 16 heavy (non-hydrogen) atoms. The molecule has 82 valence electrons. The molecule has 2 rings (SSSR count). The molecule has 0 atom stereocenters. The zero-order chi connectivity index (χ0) is 11.7. The Morgan fingerprint density at radius 2 is 2.25 bits per heavy atom. The van der Waals surface area contributed by atoms with Crippen molar-refractivity contribution in [3.63, 3.8) is 0 Å². The van der Waals surface area contributed by atoms with Gasteiger partial charge in [-0.3, -0.25) is 0 Å². The molecule has 0 aliphatic heterocycles. The highest BCUT2D eigenvalue weighted by Gasteiger charge is 2.15. The fourth-order valence-electron chi connectivity index (χ4n) is 1.20.